The zero-order valence-corrected chi connectivity index (χ0v) is 5.54. The zero-order valence-electron chi connectivity index (χ0n) is 5.54. The van der Waals surface area contributed by atoms with E-state index in [1.807, 2.05) is 0 Å². The third-order valence-corrected chi connectivity index (χ3v) is 1.28. The average Bonchev–Trinajstić information content (AvgIpc) is 2.05. The number of hydrogen-bond acceptors (Lipinski definition) is 4. The van der Waals surface area contributed by atoms with Gasteiger partial charge in [0.2, 0.25) is 0 Å². The molecule has 1 saturated heterocycles. The Morgan fingerprint density at radius 3 is 2.60 bits per heavy atom. The van der Waals surface area contributed by atoms with Crippen molar-refractivity contribution in [1.29, 1.82) is 0 Å². The lowest BCUT2D eigenvalue weighted by Crippen LogP contribution is -2.31. The molecule has 1 fully saturated rings. The predicted molar refractivity (Wildman–Crippen MR) is 31.7 cm³/mol. The molecule has 1 rings (SSSR count). The fourth-order valence-corrected chi connectivity index (χ4v) is 0.742. The van der Waals surface area contributed by atoms with Crippen molar-refractivity contribution >= 4 is 5.97 Å². The molecule has 1 heterocycles. The van der Waals surface area contributed by atoms with Crippen LogP contribution in [0, 0.1) is 13.0 Å². The first-order valence-corrected chi connectivity index (χ1v) is 2.96. The SMILES string of the molecule is [CH2]OC(=O)C1COCOC1. The van der Waals surface area contributed by atoms with Crippen LogP contribution < -0.4 is 0 Å². The van der Waals surface area contributed by atoms with Gasteiger partial charge in [-0.2, -0.15) is 0 Å². The van der Waals surface area contributed by atoms with Gasteiger partial charge in [-0.25, -0.2) is 0 Å². The van der Waals surface area contributed by atoms with Crippen LogP contribution in [0.25, 0.3) is 0 Å². The summed E-state index contributed by atoms with van der Waals surface area (Å²) in [6, 6.07) is 0. The van der Waals surface area contributed by atoms with Gasteiger partial charge in [-0.15, -0.1) is 0 Å². The Labute approximate surface area is 59.1 Å². The second kappa shape index (κ2) is 3.53. The van der Waals surface area contributed by atoms with E-state index in [1.54, 1.807) is 0 Å². The van der Waals surface area contributed by atoms with Crippen molar-refractivity contribution in [3.05, 3.63) is 7.11 Å². The topological polar surface area (TPSA) is 44.8 Å². The molecule has 0 amide bonds. The van der Waals surface area contributed by atoms with E-state index in [1.165, 1.54) is 0 Å². The standard InChI is InChI=1S/C6H9O4/c1-8-6(7)5-2-9-4-10-3-5/h5H,1-4H2. The summed E-state index contributed by atoms with van der Waals surface area (Å²) in [7, 11) is 3.00. The molecule has 1 radical (unpaired) electrons. The van der Waals surface area contributed by atoms with Gasteiger partial charge in [0.25, 0.3) is 0 Å². The first-order valence-electron chi connectivity index (χ1n) is 2.96. The molecule has 0 aliphatic carbocycles. The summed E-state index contributed by atoms with van der Waals surface area (Å²) in [4.78, 5) is 10.7. The molecule has 0 aromatic rings. The first kappa shape index (κ1) is 7.50. The summed E-state index contributed by atoms with van der Waals surface area (Å²) in [6.45, 7) is 1.00. The van der Waals surface area contributed by atoms with E-state index in [0.29, 0.717) is 13.2 Å². The number of ether oxygens (including phenoxy) is 3. The second-order valence-electron chi connectivity index (χ2n) is 2.02. The Balaban J connectivity index is 2.31. The van der Waals surface area contributed by atoms with Gasteiger partial charge in [-0.1, -0.05) is 0 Å². The van der Waals surface area contributed by atoms with Gasteiger partial charge in [-0.05, 0) is 0 Å². The maximum absolute atomic E-state index is 10.7. The molecule has 4 heteroatoms. The van der Waals surface area contributed by atoms with Crippen LogP contribution in [0.15, 0.2) is 0 Å². The lowest BCUT2D eigenvalue weighted by atomic mass is 10.2. The Morgan fingerprint density at radius 1 is 1.50 bits per heavy atom. The summed E-state index contributed by atoms with van der Waals surface area (Å²) in [5.74, 6) is -0.675. The molecule has 0 aromatic heterocycles. The highest BCUT2D eigenvalue weighted by Gasteiger charge is 2.22. The zero-order chi connectivity index (χ0) is 7.40. The quantitative estimate of drug-likeness (QED) is 0.485. The minimum absolute atomic E-state index is 0.265. The number of carbonyl (C=O) groups is 1. The van der Waals surface area contributed by atoms with E-state index in [9.17, 15) is 4.79 Å². The molecule has 1 aliphatic heterocycles. The van der Waals surface area contributed by atoms with Crippen LogP contribution in [0.4, 0.5) is 0 Å². The fraction of sp³-hybridized carbons (Fsp3) is 0.667. The van der Waals surface area contributed by atoms with E-state index < -0.39 is 0 Å². The maximum atomic E-state index is 10.7. The van der Waals surface area contributed by atoms with Gasteiger partial charge in [0.1, 0.15) is 19.8 Å². The van der Waals surface area contributed by atoms with Gasteiger partial charge < -0.3 is 14.2 Å². The van der Waals surface area contributed by atoms with Gasteiger partial charge in [0.15, 0.2) is 0 Å². The third kappa shape index (κ3) is 1.68. The van der Waals surface area contributed by atoms with Crippen LogP contribution in [0.3, 0.4) is 0 Å². The molecule has 0 bridgehead atoms. The molecule has 0 N–H and O–H groups in total. The monoisotopic (exact) mass is 145 g/mol. The lowest BCUT2D eigenvalue weighted by Gasteiger charge is -2.19. The predicted octanol–water partition coefficient (Wildman–Crippen LogP) is -0.0583. The Kier molecular flexibility index (Phi) is 2.65. The van der Waals surface area contributed by atoms with E-state index >= 15 is 0 Å². The molecule has 0 aromatic carbocycles. The highest BCUT2D eigenvalue weighted by atomic mass is 16.7. The van der Waals surface area contributed by atoms with Crippen molar-refractivity contribution in [3.63, 3.8) is 0 Å². The van der Waals surface area contributed by atoms with E-state index in [2.05, 4.69) is 11.8 Å². The summed E-state index contributed by atoms with van der Waals surface area (Å²) in [5.41, 5.74) is 0. The molecule has 0 unspecified atom stereocenters. The third-order valence-electron chi connectivity index (χ3n) is 1.28. The van der Waals surface area contributed by atoms with Crippen molar-refractivity contribution in [1.82, 2.24) is 0 Å². The molecular formula is C6H9O4. The smallest absolute Gasteiger partial charge is 0.313 e. The lowest BCUT2D eigenvalue weighted by molar-refractivity contribution is -0.166. The van der Waals surface area contributed by atoms with Crippen LogP contribution in [-0.4, -0.2) is 26.0 Å². The Bertz CT molecular complexity index is 117. The van der Waals surface area contributed by atoms with Crippen LogP contribution in [0.5, 0.6) is 0 Å². The van der Waals surface area contributed by atoms with Gasteiger partial charge in [0, 0.05) is 0 Å². The first-order chi connectivity index (χ1) is 4.84. The normalized spacial score (nSPS) is 20.5. The average molecular weight is 145 g/mol. The molecule has 4 nitrogen and oxygen atoms in total. The Hall–Kier alpha value is -0.610. The molecule has 10 heavy (non-hydrogen) atoms. The highest BCUT2D eigenvalue weighted by molar-refractivity contribution is 5.72. The van der Waals surface area contributed by atoms with Crippen molar-refractivity contribution in [2.24, 2.45) is 5.92 Å². The van der Waals surface area contributed by atoms with Crippen molar-refractivity contribution in [3.8, 4) is 0 Å². The van der Waals surface area contributed by atoms with E-state index in [0.717, 1.165) is 0 Å². The number of carbonyl (C=O) groups excluding carboxylic acids is 1. The van der Waals surface area contributed by atoms with Crippen LogP contribution in [0.2, 0.25) is 0 Å². The van der Waals surface area contributed by atoms with Gasteiger partial charge >= 0.3 is 5.97 Å². The van der Waals surface area contributed by atoms with Gasteiger partial charge in [0.05, 0.1) is 13.2 Å². The largest absolute Gasteiger partial charge is 0.462 e. The molecular weight excluding hydrogens is 136 g/mol. The minimum atomic E-state index is -0.375. The highest BCUT2D eigenvalue weighted by Crippen LogP contribution is 2.06. The van der Waals surface area contributed by atoms with Gasteiger partial charge in [-0.3, -0.25) is 4.79 Å². The summed E-state index contributed by atoms with van der Waals surface area (Å²) in [5, 5.41) is 0. The van der Waals surface area contributed by atoms with Crippen LogP contribution >= 0.6 is 0 Å². The molecule has 0 saturated carbocycles. The van der Waals surface area contributed by atoms with Crippen molar-refractivity contribution < 1.29 is 19.0 Å². The molecule has 0 atom stereocenters. The minimum Gasteiger partial charge on any atom is -0.462 e. The second-order valence-corrected chi connectivity index (χ2v) is 2.02. The number of rotatable bonds is 1. The summed E-state index contributed by atoms with van der Waals surface area (Å²) < 4.78 is 13.9. The van der Waals surface area contributed by atoms with Crippen molar-refractivity contribution in [2.45, 2.75) is 0 Å². The molecule has 0 spiro atoms. The maximum Gasteiger partial charge on any atom is 0.313 e. The van der Waals surface area contributed by atoms with E-state index in [-0.39, 0.29) is 18.7 Å². The van der Waals surface area contributed by atoms with Crippen LogP contribution in [0.1, 0.15) is 0 Å². The van der Waals surface area contributed by atoms with Crippen molar-refractivity contribution in [2.75, 3.05) is 20.0 Å². The van der Waals surface area contributed by atoms with E-state index in [4.69, 9.17) is 9.47 Å². The summed E-state index contributed by atoms with van der Waals surface area (Å²) in [6.07, 6.45) is 0. The summed E-state index contributed by atoms with van der Waals surface area (Å²) >= 11 is 0. The fourth-order valence-electron chi connectivity index (χ4n) is 0.742. The molecule has 57 valence electrons. The van der Waals surface area contributed by atoms with Crippen LogP contribution in [-0.2, 0) is 19.0 Å². The number of hydrogen-bond donors (Lipinski definition) is 0. The Morgan fingerprint density at radius 2 is 2.10 bits per heavy atom. The number of esters is 1. The molecule has 1 aliphatic rings.